The Morgan fingerprint density at radius 2 is 1.81 bits per heavy atom. The summed E-state index contributed by atoms with van der Waals surface area (Å²) in [6, 6.07) is 5.12. The maximum Gasteiger partial charge on any atom is 0.306 e. The zero-order valence-electron chi connectivity index (χ0n) is 12.1. The predicted molar refractivity (Wildman–Crippen MR) is 76.6 cm³/mol. The van der Waals surface area contributed by atoms with Crippen LogP contribution in [0.2, 0.25) is 0 Å². The van der Waals surface area contributed by atoms with E-state index in [0.29, 0.717) is 36.4 Å². The van der Waals surface area contributed by atoms with Gasteiger partial charge in [0.05, 0.1) is 20.1 Å². The average molecular weight is 293 g/mol. The van der Waals surface area contributed by atoms with Gasteiger partial charge in [0, 0.05) is 17.7 Å². The molecule has 0 heterocycles. The standard InChI is InChI=1S/C15H19NO5/c1-20-12-6-5-11(8-13(12)21-2)16-14(17)9-3-4-10(7-9)15(18)19/h5-6,8-10H,3-4,7H2,1-2H3,(H,16,17)(H,18,19)/t9-,10+/m1/s1. The fourth-order valence-electron chi connectivity index (χ4n) is 2.60. The molecule has 0 aliphatic heterocycles. The largest absolute Gasteiger partial charge is 0.493 e. The highest BCUT2D eigenvalue weighted by atomic mass is 16.5. The fourth-order valence-corrected chi connectivity index (χ4v) is 2.60. The Labute approximate surface area is 123 Å². The second kappa shape index (κ2) is 6.47. The van der Waals surface area contributed by atoms with Gasteiger partial charge in [0.2, 0.25) is 5.91 Å². The third-order valence-electron chi connectivity index (χ3n) is 3.80. The normalized spacial score (nSPS) is 20.9. The molecular weight excluding hydrogens is 274 g/mol. The number of aliphatic carboxylic acids is 1. The van der Waals surface area contributed by atoms with Crippen molar-refractivity contribution >= 4 is 17.6 Å². The van der Waals surface area contributed by atoms with Crippen molar-refractivity contribution in [2.75, 3.05) is 19.5 Å². The number of benzene rings is 1. The van der Waals surface area contributed by atoms with Crippen molar-refractivity contribution in [1.29, 1.82) is 0 Å². The van der Waals surface area contributed by atoms with Crippen LogP contribution in [0.25, 0.3) is 0 Å². The molecule has 2 N–H and O–H groups in total. The van der Waals surface area contributed by atoms with Gasteiger partial charge in [0.1, 0.15) is 0 Å². The Balaban J connectivity index is 2.02. The second-order valence-electron chi connectivity index (χ2n) is 5.10. The molecule has 2 atom stereocenters. The van der Waals surface area contributed by atoms with Gasteiger partial charge in [-0.15, -0.1) is 0 Å². The number of nitrogens with one attached hydrogen (secondary N) is 1. The molecular formula is C15H19NO5. The van der Waals surface area contributed by atoms with E-state index in [1.807, 2.05) is 0 Å². The summed E-state index contributed by atoms with van der Waals surface area (Å²) >= 11 is 0. The number of amides is 1. The second-order valence-corrected chi connectivity index (χ2v) is 5.10. The minimum Gasteiger partial charge on any atom is -0.493 e. The number of methoxy groups -OCH3 is 2. The Bertz CT molecular complexity index is 543. The molecule has 0 spiro atoms. The molecule has 1 aromatic carbocycles. The maximum absolute atomic E-state index is 12.2. The van der Waals surface area contributed by atoms with Gasteiger partial charge in [-0.3, -0.25) is 9.59 Å². The third-order valence-corrected chi connectivity index (χ3v) is 3.80. The predicted octanol–water partition coefficient (Wildman–Crippen LogP) is 2.14. The third kappa shape index (κ3) is 3.45. The smallest absolute Gasteiger partial charge is 0.306 e. The summed E-state index contributed by atoms with van der Waals surface area (Å²) in [6.45, 7) is 0. The molecule has 0 radical (unpaired) electrons. The van der Waals surface area contributed by atoms with Crippen LogP contribution in [0.5, 0.6) is 11.5 Å². The number of hydrogen-bond acceptors (Lipinski definition) is 4. The van der Waals surface area contributed by atoms with Crippen LogP contribution < -0.4 is 14.8 Å². The van der Waals surface area contributed by atoms with E-state index in [4.69, 9.17) is 14.6 Å². The summed E-state index contributed by atoms with van der Waals surface area (Å²) in [7, 11) is 3.07. The highest BCUT2D eigenvalue weighted by Gasteiger charge is 2.33. The van der Waals surface area contributed by atoms with Gasteiger partial charge in [-0.2, -0.15) is 0 Å². The van der Waals surface area contributed by atoms with Gasteiger partial charge >= 0.3 is 5.97 Å². The van der Waals surface area contributed by atoms with Crippen molar-refractivity contribution in [3.05, 3.63) is 18.2 Å². The summed E-state index contributed by atoms with van der Waals surface area (Å²) in [5.41, 5.74) is 0.608. The number of hydrogen-bond donors (Lipinski definition) is 2. The van der Waals surface area contributed by atoms with Crippen LogP contribution >= 0.6 is 0 Å². The zero-order chi connectivity index (χ0) is 15.4. The van der Waals surface area contributed by atoms with Crippen molar-refractivity contribution in [3.63, 3.8) is 0 Å². The Morgan fingerprint density at radius 3 is 2.38 bits per heavy atom. The van der Waals surface area contributed by atoms with E-state index in [1.165, 1.54) is 7.11 Å². The van der Waals surface area contributed by atoms with Crippen molar-refractivity contribution < 1.29 is 24.2 Å². The SMILES string of the molecule is COc1ccc(NC(=O)[C@@H]2CC[C@H](C(=O)O)C2)cc1OC. The Morgan fingerprint density at radius 1 is 1.14 bits per heavy atom. The van der Waals surface area contributed by atoms with Crippen molar-refractivity contribution in [1.82, 2.24) is 0 Å². The van der Waals surface area contributed by atoms with Crippen molar-refractivity contribution in [3.8, 4) is 11.5 Å². The van der Waals surface area contributed by atoms with E-state index in [0.717, 1.165) is 0 Å². The first-order chi connectivity index (χ1) is 10.0. The van der Waals surface area contributed by atoms with Crippen LogP contribution in [-0.4, -0.2) is 31.2 Å². The molecule has 0 saturated heterocycles. The molecule has 0 unspecified atom stereocenters. The van der Waals surface area contributed by atoms with Crippen LogP contribution in [0.1, 0.15) is 19.3 Å². The first-order valence-corrected chi connectivity index (χ1v) is 6.80. The van der Waals surface area contributed by atoms with E-state index in [1.54, 1.807) is 25.3 Å². The van der Waals surface area contributed by atoms with E-state index < -0.39 is 11.9 Å². The molecule has 114 valence electrons. The lowest BCUT2D eigenvalue weighted by Crippen LogP contribution is -2.21. The van der Waals surface area contributed by atoms with Crippen LogP contribution in [0.4, 0.5) is 5.69 Å². The quantitative estimate of drug-likeness (QED) is 0.869. The molecule has 0 aromatic heterocycles. The van der Waals surface area contributed by atoms with Gasteiger partial charge in [-0.05, 0) is 31.4 Å². The summed E-state index contributed by atoms with van der Waals surface area (Å²) in [5, 5.41) is 11.8. The van der Waals surface area contributed by atoms with E-state index in [9.17, 15) is 9.59 Å². The number of anilines is 1. The van der Waals surface area contributed by atoms with Gasteiger partial charge in [-0.1, -0.05) is 0 Å². The van der Waals surface area contributed by atoms with Gasteiger partial charge < -0.3 is 19.9 Å². The number of carbonyl (C=O) groups excluding carboxylic acids is 1. The van der Waals surface area contributed by atoms with Crippen LogP contribution in [-0.2, 0) is 9.59 Å². The molecule has 6 heteroatoms. The van der Waals surface area contributed by atoms with E-state index in [2.05, 4.69) is 5.32 Å². The van der Waals surface area contributed by atoms with Gasteiger partial charge in [-0.25, -0.2) is 0 Å². The number of rotatable bonds is 5. The topological polar surface area (TPSA) is 84.9 Å². The molecule has 1 aliphatic rings. The minimum absolute atomic E-state index is 0.147. The Kier molecular flexibility index (Phi) is 4.67. The van der Waals surface area contributed by atoms with Crippen LogP contribution in [0.15, 0.2) is 18.2 Å². The highest BCUT2D eigenvalue weighted by Crippen LogP contribution is 2.33. The van der Waals surface area contributed by atoms with E-state index >= 15 is 0 Å². The first kappa shape index (κ1) is 15.2. The summed E-state index contributed by atoms with van der Waals surface area (Å²) in [5.74, 6) is -0.514. The zero-order valence-corrected chi connectivity index (χ0v) is 12.1. The molecule has 1 aromatic rings. The molecule has 21 heavy (non-hydrogen) atoms. The lowest BCUT2D eigenvalue weighted by Gasteiger charge is -2.13. The molecule has 1 fully saturated rings. The number of carbonyl (C=O) groups is 2. The molecule has 1 saturated carbocycles. The lowest BCUT2D eigenvalue weighted by atomic mass is 10.0. The first-order valence-electron chi connectivity index (χ1n) is 6.80. The highest BCUT2D eigenvalue weighted by molar-refractivity contribution is 5.93. The van der Waals surface area contributed by atoms with Gasteiger partial charge in [0.25, 0.3) is 0 Å². The van der Waals surface area contributed by atoms with Crippen molar-refractivity contribution in [2.24, 2.45) is 11.8 Å². The maximum atomic E-state index is 12.2. The van der Waals surface area contributed by atoms with Gasteiger partial charge in [0.15, 0.2) is 11.5 Å². The summed E-state index contributed by atoms with van der Waals surface area (Å²) in [6.07, 6.45) is 1.56. The minimum atomic E-state index is -0.823. The summed E-state index contributed by atoms with van der Waals surface area (Å²) < 4.78 is 10.3. The average Bonchev–Trinajstić information content (AvgIpc) is 2.97. The number of carboxylic acids is 1. The van der Waals surface area contributed by atoms with Crippen molar-refractivity contribution in [2.45, 2.75) is 19.3 Å². The Hall–Kier alpha value is -2.24. The van der Waals surface area contributed by atoms with Crippen LogP contribution in [0, 0.1) is 11.8 Å². The molecule has 1 aliphatic carbocycles. The number of carboxylic acid groups (broad SMARTS) is 1. The lowest BCUT2D eigenvalue weighted by molar-refractivity contribution is -0.141. The summed E-state index contributed by atoms with van der Waals surface area (Å²) in [4.78, 5) is 23.1. The molecule has 1 amide bonds. The monoisotopic (exact) mass is 293 g/mol. The molecule has 0 bridgehead atoms. The molecule has 2 rings (SSSR count). The van der Waals surface area contributed by atoms with Crippen LogP contribution in [0.3, 0.4) is 0 Å². The number of ether oxygens (including phenoxy) is 2. The fraction of sp³-hybridized carbons (Fsp3) is 0.467. The molecule has 6 nitrogen and oxygen atoms in total. The van der Waals surface area contributed by atoms with E-state index in [-0.39, 0.29) is 11.8 Å².